The van der Waals surface area contributed by atoms with Crippen molar-refractivity contribution < 1.29 is 13.7 Å². The molecule has 110 valence electrons. The molecule has 2 rings (SSSR count). The first-order valence-electron chi connectivity index (χ1n) is 6.54. The summed E-state index contributed by atoms with van der Waals surface area (Å²) >= 11 is 1.54. The zero-order valence-electron chi connectivity index (χ0n) is 11.7. The van der Waals surface area contributed by atoms with Gasteiger partial charge in [-0.05, 0) is 31.2 Å². The van der Waals surface area contributed by atoms with E-state index in [1.54, 1.807) is 18.9 Å². The number of thioether (sulfide) groups is 1. The highest BCUT2D eigenvalue weighted by Gasteiger charge is 2.24. The highest BCUT2D eigenvalue weighted by atomic mass is 32.2. The van der Waals surface area contributed by atoms with Crippen LogP contribution < -0.4 is 4.74 Å². The van der Waals surface area contributed by atoms with Crippen LogP contribution in [0.5, 0.6) is 5.75 Å². The van der Waals surface area contributed by atoms with Crippen molar-refractivity contribution in [1.29, 1.82) is 0 Å². The van der Waals surface area contributed by atoms with Crippen molar-refractivity contribution in [2.24, 2.45) is 0 Å². The number of carbonyl (C=O) groups excluding carboxylic acids is 1. The summed E-state index contributed by atoms with van der Waals surface area (Å²) in [4.78, 5) is 15.2. The van der Waals surface area contributed by atoms with E-state index in [0.29, 0.717) is 24.6 Å². The minimum atomic E-state index is -0.747. The molecule has 1 aliphatic rings. The first-order valence-corrected chi connectivity index (χ1v) is 8.91. The lowest BCUT2D eigenvalue weighted by Crippen LogP contribution is -2.44. The first kappa shape index (κ1) is 15.4. The molecule has 20 heavy (non-hydrogen) atoms. The van der Waals surface area contributed by atoms with E-state index in [0.717, 1.165) is 10.6 Å². The van der Waals surface area contributed by atoms with Crippen LogP contribution in [0.2, 0.25) is 0 Å². The van der Waals surface area contributed by atoms with Crippen molar-refractivity contribution in [2.45, 2.75) is 17.1 Å². The van der Waals surface area contributed by atoms with Gasteiger partial charge in [0, 0.05) is 40.3 Å². The summed E-state index contributed by atoms with van der Waals surface area (Å²) in [5.41, 5.74) is 0. The second-order valence-corrected chi connectivity index (χ2v) is 7.72. The Balaban J connectivity index is 1.91. The first-order chi connectivity index (χ1) is 9.60. The van der Waals surface area contributed by atoms with E-state index in [-0.39, 0.29) is 11.2 Å². The molecule has 4 nitrogen and oxygen atoms in total. The third-order valence-electron chi connectivity index (χ3n) is 3.21. The van der Waals surface area contributed by atoms with Gasteiger partial charge in [-0.15, -0.1) is 11.8 Å². The molecule has 1 fully saturated rings. The maximum Gasteiger partial charge on any atom is 0.235 e. The van der Waals surface area contributed by atoms with Gasteiger partial charge in [0.2, 0.25) is 5.91 Å². The lowest BCUT2D eigenvalue weighted by molar-refractivity contribution is -0.129. The summed E-state index contributed by atoms with van der Waals surface area (Å²) in [6, 6.07) is 7.70. The van der Waals surface area contributed by atoms with Gasteiger partial charge in [0.1, 0.15) is 5.75 Å². The minimum absolute atomic E-state index is 0.127. The summed E-state index contributed by atoms with van der Waals surface area (Å²) < 4.78 is 16.4. The molecule has 1 saturated heterocycles. The number of carbonyl (C=O) groups is 1. The van der Waals surface area contributed by atoms with Crippen molar-refractivity contribution in [3.8, 4) is 5.75 Å². The van der Waals surface area contributed by atoms with Crippen LogP contribution in [-0.2, 0) is 15.6 Å². The zero-order chi connectivity index (χ0) is 14.5. The standard InChI is InChI=1S/C14H19NO3S2/c1-11(14(16)15-7-9-20(17)10-8-15)19-13-5-3-12(18-2)4-6-13/h3-6,11H,7-10H2,1-2H3/t11-/m1/s1. The Labute approximate surface area is 126 Å². The maximum atomic E-state index is 12.3. The van der Waals surface area contributed by atoms with Crippen molar-refractivity contribution in [2.75, 3.05) is 31.7 Å². The van der Waals surface area contributed by atoms with Crippen LogP contribution in [0.4, 0.5) is 0 Å². The SMILES string of the molecule is COc1ccc(S[C@H](C)C(=O)N2CCS(=O)CC2)cc1. The van der Waals surface area contributed by atoms with E-state index in [9.17, 15) is 9.00 Å². The van der Waals surface area contributed by atoms with E-state index >= 15 is 0 Å². The molecule has 0 aliphatic carbocycles. The van der Waals surface area contributed by atoms with Crippen molar-refractivity contribution in [3.63, 3.8) is 0 Å². The summed E-state index contributed by atoms with van der Waals surface area (Å²) in [6.07, 6.45) is 0. The molecule has 0 unspecified atom stereocenters. The van der Waals surface area contributed by atoms with Gasteiger partial charge in [0.05, 0.1) is 12.4 Å². The molecule has 1 heterocycles. The topological polar surface area (TPSA) is 46.6 Å². The second-order valence-electron chi connectivity index (χ2n) is 4.61. The molecule has 0 N–H and O–H groups in total. The quantitative estimate of drug-likeness (QED) is 0.795. The smallest absolute Gasteiger partial charge is 0.235 e. The summed E-state index contributed by atoms with van der Waals surface area (Å²) in [5, 5.41) is -0.130. The lowest BCUT2D eigenvalue weighted by atomic mass is 10.3. The van der Waals surface area contributed by atoms with E-state index in [4.69, 9.17) is 4.74 Å². The third kappa shape index (κ3) is 3.99. The van der Waals surface area contributed by atoms with Crippen LogP contribution in [0.25, 0.3) is 0 Å². The van der Waals surface area contributed by atoms with Gasteiger partial charge in [-0.25, -0.2) is 0 Å². The molecular formula is C14H19NO3S2. The molecule has 1 atom stereocenters. The average Bonchev–Trinajstić information content (AvgIpc) is 2.48. The monoisotopic (exact) mass is 313 g/mol. The van der Waals surface area contributed by atoms with Gasteiger partial charge in [0.25, 0.3) is 0 Å². The molecule has 1 aromatic rings. The second kappa shape index (κ2) is 7.13. The van der Waals surface area contributed by atoms with Crippen LogP contribution in [0.15, 0.2) is 29.2 Å². The van der Waals surface area contributed by atoms with Crippen LogP contribution in [0, 0.1) is 0 Å². The fraction of sp³-hybridized carbons (Fsp3) is 0.500. The van der Waals surface area contributed by atoms with Crippen molar-refractivity contribution in [1.82, 2.24) is 4.90 Å². The summed E-state index contributed by atoms with van der Waals surface area (Å²) in [7, 11) is 0.887. The van der Waals surface area contributed by atoms with Gasteiger partial charge >= 0.3 is 0 Å². The Kier molecular flexibility index (Phi) is 5.48. The Hall–Kier alpha value is -1.01. The fourth-order valence-electron chi connectivity index (χ4n) is 2.02. The number of rotatable bonds is 4. The van der Waals surface area contributed by atoms with Crippen LogP contribution >= 0.6 is 11.8 Å². The largest absolute Gasteiger partial charge is 0.497 e. The van der Waals surface area contributed by atoms with Gasteiger partial charge in [0.15, 0.2) is 0 Å². The molecule has 0 radical (unpaired) electrons. The van der Waals surface area contributed by atoms with Crippen molar-refractivity contribution in [3.05, 3.63) is 24.3 Å². The highest BCUT2D eigenvalue weighted by Crippen LogP contribution is 2.26. The minimum Gasteiger partial charge on any atom is -0.497 e. The molecule has 0 spiro atoms. The molecule has 1 aliphatic heterocycles. The number of hydrogen-bond acceptors (Lipinski definition) is 4. The van der Waals surface area contributed by atoms with Gasteiger partial charge in [-0.1, -0.05) is 0 Å². The number of benzene rings is 1. The maximum absolute atomic E-state index is 12.3. The predicted molar refractivity (Wildman–Crippen MR) is 82.8 cm³/mol. The van der Waals surface area contributed by atoms with Gasteiger partial charge < -0.3 is 9.64 Å². The fourth-order valence-corrected chi connectivity index (χ4v) is 4.03. The number of amides is 1. The van der Waals surface area contributed by atoms with E-state index in [2.05, 4.69) is 0 Å². The number of methoxy groups -OCH3 is 1. The molecule has 0 bridgehead atoms. The third-order valence-corrected chi connectivity index (χ3v) is 5.58. The van der Waals surface area contributed by atoms with Gasteiger partial charge in [-0.2, -0.15) is 0 Å². The highest BCUT2D eigenvalue weighted by molar-refractivity contribution is 8.00. The van der Waals surface area contributed by atoms with Crippen LogP contribution in [0.1, 0.15) is 6.92 Å². The molecule has 1 aromatic carbocycles. The Morgan fingerprint density at radius 1 is 1.30 bits per heavy atom. The average molecular weight is 313 g/mol. The molecule has 1 amide bonds. The zero-order valence-corrected chi connectivity index (χ0v) is 13.3. The molecule has 6 heteroatoms. The van der Waals surface area contributed by atoms with E-state index in [1.165, 1.54) is 0 Å². The number of ether oxygens (including phenoxy) is 1. The van der Waals surface area contributed by atoms with Crippen molar-refractivity contribution >= 4 is 28.5 Å². The van der Waals surface area contributed by atoms with Crippen LogP contribution in [-0.4, -0.2) is 52.0 Å². The van der Waals surface area contributed by atoms with Crippen LogP contribution in [0.3, 0.4) is 0 Å². The molecular weight excluding hydrogens is 294 g/mol. The summed E-state index contributed by atoms with van der Waals surface area (Å²) in [5.74, 6) is 2.14. The number of hydrogen-bond donors (Lipinski definition) is 0. The predicted octanol–water partition coefficient (Wildman–Crippen LogP) is 1.77. The van der Waals surface area contributed by atoms with Gasteiger partial charge in [-0.3, -0.25) is 9.00 Å². The Bertz CT molecular complexity index is 480. The lowest BCUT2D eigenvalue weighted by Gasteiger charge is -2.28. The summed E-state index contributed by atoms with van der Waals surface area (Å²) in [6.45, 7) is 3.14. The molecule has 0 saturated carbocycles. The Morgan fingerprint density at radius 2 is 1.90 bits per heavy atom. The number of nitrogens with zero attached hydrogens (tertiary/aromatic N) is 1. The normalized spacial score (nSPS) is 17.8. The Morgan fingerprint density at radius 3 is 2.45 bits per heavy atom. The van der Waals surface area contributed by atoms with E-state index < -0.39 is 10.8 Å². The van der Waals surface area contributed by atoms with E-state index in [1.807, 2.05) is 36.1 Å². The molecule has 0 aromatic heterocycles.